The number of carbonyl (C=O) groups is 3. The summed E-state index contributed by atoms with van der Waals surface area (Å²) in [6.45, 7) is 4.19. The Morgan fingerprint density at radius 1 is 1.02 bits per heavy atom. The number of carboxylic acid groups (broad SMARTS) is 1. The quantitative estimate of drug-likeness (QED) is 0.246. The van der Waals surface area contributed by atoms with Gasteiger partial charge >= 0.3 is 11.9 Å². The van der Waals surface area contributed by atoms with Crippen LogP contribution in [-0.2, 0) is 30.8 Å². The van der Waals surface area contributed by atoms with Crippen LogP contribution >= 0.6 is 0 Å². The molecular formula is C33H34N2O8S. The molecule has 10 nitrogen and oxygen atoms in total. The molecule has 4 rings (SSSR count). The zero-order chi connectivity index (χ0) is 31.7. The first kappa shape index (κ1) is 32.3. The Morgan fingerprint density at radius 3 is 2.34 bits per heavy atom. The number of benzene rings is 3. The molecule has 0 aromatic heterocycles. The van der Waals surface area contributed by atoms with Gasteiger partial charge in [-0.1, -0.05) is 41.7 Å². The molecule has 230 valence electrons. The summed E-state index contributed by atoms with van der Waals surface area (Å²) in [4.78, 5) is 37.0. The number of aliphatic carboxylic acids is 1. The first-order chi connectivity index (χ1) is 21.1. The number of hydrogen-bond donors (Lipinski definition) is 2. The smallest absolute Gasteiger partial charge is 0.338 e. The van der Waals surface area contributed by atoms with Crippen LogP contribution in [0.1, 0.15) is 46.8 Å². The molecule has 1 fully saturated rings. The molecular weight excluding hydrogens is 584 g/mol. The van der Waals surface area contributed by atoms with Gasteiger partial charge in [0, 0.05) is 18.5 Å². The SMILES string of the molecule is CCOC(=O)c1ccc(OCC#Cc2ccc(CC(NC(=O)[C@@H]3CCCN3S(=O)(=O)c3ccc(C)cc3)C(=O)O)cc2)cc1. The van der Waals surface area contributed by atoms with E-state index in [-0.39, 0.29) is 24.5 Å². The molecule has 2 N–H and O–H groups in total. The second-order valence-corrected chi connectivity index (χ2v) is 12.1. The zero-order valence-corrected chi connectivity index (χ0v) is 25.3. The summed E-state index contributed by atoms with van der Waals surface area (Å²) in [5, 5.41) is 12.4. The molecule has 1 amide bonds. The van der Waals surface area contributed by atoms with Crippen LogP contribution in [0, 0.1) is 18.8 Å². The third-order valence-corrected chi connectivity index (χ3v) is 8.97. The van der Waals surface area contributed by atoms with Crippen LogP contribution in [0.3, 0.4) is 0 Å². The lowest BCUT2D eigenvalue weighted by atomic mass is 10.0. The standard InChI is InChI=1S/C33H34N2O8S/c1-3-42-33(39)26-14-16-27(17-15-26)43-21-5-6-24-10-12-25(13-11-24)22-29(32(37)38)34-31(36)30-7-4-20-35(30)44(40,41)28-18-8-23(2)9-19-28/h8-19,29-30H,3-4,7,20-22H2,1-2H3,(H,34,36)(H,37,38)/t29?,30-/m0/s1. The second kappa shape index (κ2) is 14.7. The van der Waals surface area contributed by atoms with E-state index in [1.165, 1.54) is 12.1 Å². The van der Waals surface area contributed by atoms with Crippen molar-refractivity contribution < 1.29 is 37.4 Å². The van der Waals surface area contributed by atoms with Crippen LogP contribution in [0.25, 0.3) is 0 Å². The Kier molecular flexibility index (Phi) is 10.8. The average Bonchev–Trinajstić information content (AvgIpc) is 3.52. The Balaban J connectivity index is 1.32. The third kappa shape index (κ3) is 8.24. The maximum Gasteiger partial charge on any atom is 0.338 e. The van der Waals surface area contributed by atoms with E-state index in [0.717, 1.165) is 9.87 Å². The number of carboxylic acids is 1. The molecule has 2 atom stereocenters. The van der Waals surface area contributed by atoms with Crippen molar-refractivity contribution in [1.82, 2.24) is 9.62 Å². The summed E-state index contributed by atoms with van der Waals surface area (Å²) in [5.74, 6) is 4.17. The van der Waals surface area contributed by atoms with Gasteiger partial charge in [-0.25, -0.2) is 18.0 Å². The molecule has 1 aliphatic rings. The number of ether oxygens (including phenoxy) is 2. The number of nitrogens with one attached hydrogen (secondary N) is 1. The van der Waals surface area contributed by atoms with E-state index in [4.69, 9.17) is 9.47 Å². The normalized spacial score (nSPS) is 15.5. The maximum absolute atomic E-state index is 13.2. The minimum atomic E-state index is -3.92. The number of aryl methyl sites for hydroxylation is 1. The number of nitrogens with zero attached hydrogens (tertiary/aromatic N) is 1. The van der Waals surface area contributed by atoms with Gasteiger partial charge in [0.1, 0.15) is 24.4 Å². The molecule has 1 heterocycles. The van der Waals surface area contributed by atoms with E-state index >= 15 is 0 Å². The zero-order valence-electron chi connectivity index (χ0n) is 24.5. The van der Waals surface area contributed by atoms with Crippen molar-refractivity contribution in [3.8, 4) is 17.6 Å². The van der Waals surface area contributed by atoms with Gasteiger partial charge in [-0.3, -0.25) is 4.79 Å². The lowest BCUT2D eigenvalue weighted by Crippen LogP contribution is -2.51. The van der Waals surface area contributed by atoms with Gasteiger partial charge in [0.2, 0.25) is 15.9 Å². The van der Waals surface area contributed by atoms with Crippen LogP contribution in [0.15, 0.2) is 77.7 Å². The largest absolute Gasteiger partial charge is 0.481 e. The number of sulfonamides is 1. The van der Waals surface area contributed by atoms with E-state index < -0.39 is 40.0 Å². The molecule has 0 aliphatic carbocycles. The fourth-order valence-corrected chi connectivity index (χ4v) is 6.38. The monoisotopic (exact) mass is 618 g/mol. The number of carbonyl (C=O) groups excluding carboxylic acids is 2. The molecule has 0 bridgehead atoms. The lowest BCUT2D eigenvalue weighted by Gasteiger charge is -2.25. The van der Waals surface area contributed by atoms with Crippen molar-refractivity contribution in [1.29, 1.82) is 0 Å². The summed E-state index contributed by atoms with van der Waals surface area (Å²) in [5.41, 5.74) is 2.70. The van der Waals surface area contributed by atoms with Crippen molar-refractivity contribution >= 4 is 27.9 Å². The van der Waals surface area contributed by atoms with E-state index in [9.17, 15) is 27.9 Å². The first-order valence-electron chi connectivity index (χ1n) is 14.2. The molecule has 1 saturated heterocycles. The predicted molar refractivity (Wildman–Crippen MR) is 163 cm³/mol. The number of rotatable bonds is 11. The molecule has 11 heteroatoms. The highest BCUT2D eigenvalue weighted by atomic mass is 32.2. The average molecular weight is 619 g/mol. The number of hydrogen-bond acceptors (Lipinski definition) is 7. The van der Waals surface area contributed by atoms with Crippen LogP contribution < -0.4 is 10.1 Å². The Labute approximate surface area is 257 Å². The lowest BCUT2D eigenvalue weighted by molar-refractivity contribution is -0.142. The molecule has 3 aromatic rings. The van der Waals surface area contributed by atoms with Crippen molar-refractivity contribution in [2.45, 2.75) is 50.1 Å². The minimum absolute atomic E-state index is 0.0110. The summed E-state index contributed by atoms with van der Waals surface area (Å²) < 4.78 is 38.1. The summed E-state index contributed by atoms with van der Waals surface area (Å²) in [7, 11) is -3.92. The van der Waals surface area contributed by atoms with Gasteiger partial charge in [0.15, 0.2) is 0 Å². The second-order valence-electron chi connectivity index (χ2n) is 10.2. The van der Waals surface area contributed by atoms with E-state index in [0.29, 0.717) is 41.9 Å². The molecule has 1 aliphatic heterocycles. The van der Waals surface area contributed by atoms with Crippen molar-refractivity contribution in [3.05, 3.63) is 95.1 Å². The maximum atomic E-state index is 13.2. The van der Waals surface area contributed by atoms with E-state index in [2.05, 4.69) is 17.2 Å². The number of amides is 1. The Morgan fingerprint density at radius 2 is 1.70 bits per heavy atom. The Hall–Kier alpha value is -4.66. The van der Waals surface area contributed by atoms with Gasteiger partial charge in [0.25, 0.3) is 0 Å². The third-order valence-electron chi connectivity index (χ3n) is 7.05. The molecule has 3 aromatic carbocycles. The summed E-state index contributed by atoms with van der Waals surface area (Å²) >= 11 is 0. The van der Waals surface area contributed by atoms with Crippen LogP contribution in [0.4, 0.5) is 0 Å². The van der Waals surface area contributed by atoms with Crippen molar-refractivity contribution in [2.75, 3.05) is 19.8 Å². The summed E-state index contributed by atoms with van der Waals surface area (Å²) in [6, 6.07) is 17.7. The molecule has 0 spiro atoms. The highest BCUT2D eigenvalue weighted by molar-refractivity contribution is 7.89. The molecule has 44 heavy (non-hydrogen) atoms. The highest BCUT2D eigenvalue weighted by Crippen LogP contribution is 2.26. The molecule has 0 saturated carbocycles. The summed E-state index contributed by atoms with van der Waals surface area (Å²) in [6.07, 6.45) is 0.812. The van der Waals surface area contributed by atoms with Gasteiger partial charge in [0.05, 0.1) is 17.1 Å². The van der Waals surface area contributed by atoms with Crippen molar-refractivity contribution in [3.63, 3.8) is 0 Å². The first-order valence-corrected chi connectivity index (χ1v) is 15.6. The van der Waals surface area contributed by atoms with Crippen molar-refractivity contribution in [2.24, 2.45) is 0 Å². The highest BCUT2D eigenvalue weighted by Gasteiger charge is 2.40. The van der Waals surface area contributed by atoms with Gasteiger partial charge in [-0.2, -0.15) is 4.31 Å². The van der Waals surface area contributed by atoms with E-state index in [1.54, 1.807) is 67.6 Å². The van der Waals surface area contributed by atoms with Crippen LogP contribution in [0.5, 0.6) is 5.75 Å². The molecule has 0 radical (unpaired) electrons. The topological polar surface area (TPSA) is 139 Å². The Bertz CT molecular complexity index is 1640. The number of esters is 1. The van der Waals surface area contributed by atoms with E-state index in [1.807, 2.05) is 6.92 Å². The fourth-order valence-electron chi connectivity index (χ4n) is 4.72. The fraction of sp³-hybridized carbons (Fsp3) is 0.303. The van der Waals surface area contributed by atoms with Crippen LogP contribution in [-0.4, -0.2) is 67.5 Å². The van der Waals surface area contributed by atoms with Gasteiger partial charge in [-0.05, 0) is 80.8 Å². The predicted octanol–water partition coefficient (Wildman–Crippen LogP) is 3.57. The van der Waals surface area contributed by atoms with Crippen LogP contribution in [0.2, 0.25) is 0 Å². The van der Waals surface area contributed by atoms with Gasteiger partial charge < -0.3 is 19.9 Å². The minimum Gasteiger partial charge on any atom is -0.481 e. The molecule has 1 unspecified atom stereocenters. The van der Waals surface area contributed by atoms with Gasteiger partial charge in [-0.15, -0.1) is 0 Å².